The van der Waals surface area contributed by atoms with E-state index in [-0.39, 0.29) is 23.1 Å². The average molecular weight is 399 g/mol. The second-order valence-electron chi connectivity index (χ2n) is 8.79. The summed E-state index contributed by atoms with van der Waals surface area (Å²) in [6, 6.07) is 8.60. The molecule has 158 valence electrons. The first-order valence-corrected chi connectivity index (χ1v) is 10.8. The largest absolute Gasteiger partial charge is 0.381 e. The third kappa shape index (κ3) is 5.27. The minimum Gasteiger partial charge on any atom is -0.381 e. The molecule has 1 unspecified atom stereocenters. The monoisotopic (exact) mass is 398 g/mol. The number of carbonyl (C=O) groups excluding carboxylic acids is 2. The Morgan fingerprint density at radius 1 is 1.28 bits per heavy atom. The zero-order valence-corrected chi connectivity index (χ0v) is 17.8. The molecule has 2 fully saturated rings. The summed E-state index contributed by atoms with van der Waals surface area (Å²) >= 11 is 0. The summed E-state index contributed by atoms with van der Waals surface area (Å²) in [7, 11) is 0. The van der Waals surface area contributed by atoms with E-state index in [1.807, 2.05) is 4.90 Å². The van der Waals surface area contributed by atoms with Gasteiger partial charge in [-0.15, -0.1) is 0 Å². The van der Waals surface area contributed by atoms with Gasteiger partial charge in [-0.2, -0.15) is 0 Å². The number of ether oxygens (including phenoxy) is 1. The lowest BCUT2D eigenvalue weighted by Crippen LogP contribution is -2.42. The Kier molecular flexibility index (Phi) is 7.12. The standard InChI is InChI=1S/C24H34N2O3/c1-4-22(27)25-15-21-16-26(17-24(21)11-13-29-14-12-24)23(28)10-7-19-5-8-20(9-6-19)18(2)3/h4-6,8-9,18,21H,1,7,10-17H2,2-3H3,(H,25,27). The summed E-state index contributed by atoms with van der Waals surface area (Å²) in [5.74, 6) is 0.845. The van der Waals surface area contributed by atoms with Crippen molar-refractivity contribution in [3.05, 3.63) is 48.0 Å². The molecule has 0 bridgehead atoms. The highest BCUT2D eigenvalue weighted by Gasteiger charge is 2.48. The van der Waals surface area contributed by atoms with Crippen LogP contribution in [0.1, 0.15) is 50.2 Å². The summed E-state index contributed by atoms with van der Waals surface area (Å²) in [5.41, 5.74) is 2.59. The van der Waals surface area contributed by atoms with Gasteiger partial charge >= 0.3 is 0 Å². The lowest BCUT2D eigenvalue weighted by Gasteiger charge is -2.38. The summed E-state index contributed by atoms with van der Waals surface area (Å²) < 4.78 is 5.57. The highest BCUT2D eigenvalue weighted by Crippen LogP contribution is 2.44. The minimum absolute atomic E-state index is 0.0568. The van der Waals surface area contributed by atoms with Crippen LogP contribution in [-0.4, -0.2) is 49.6 Å². The van der Waals surface area contributed by atoms with Crippen molar-refractivity contribution in [2.24, 2.45) is 11.3 Å². The molecule has 0 aliphatic carbocycles. The smallest absolute Gasteiger partial charge is 0.243 e. The van der Waals surface area contributed by atoms with E-state index in [4.69, 9.17) is 4.74 Å². The number of nitrogens with one attached hydrogen (secondary N) is 1. The van der Waals surface area contributed by atoms with Gasteiger partial charge in [0.25, 0.3) is 0 Å². The van der Waals surface area contributed by atoms with Crippen molar-refractivity contribution in [2.75, 3.05) is 32.8 Å². The highest BCUT2D eigenvalue weighted by atomic mass is 16.5. The number of hydrogen-bond donors (Lipinski definition) is 1. The maximum absolute atomic E-state index is 13.0. The molecule has 5 nitrogen and oxygen atoms in total. The maximum Gasteiger partial charge on any atom is 0.243 e. The van der Waals surface area contributed by atoms with Gasteiger partial charge in [0.1, 0.15) is 0 Å². The van der Waals surface area contributed by atoms with E-state index in [2.05, 4.69) is 50.0 Å². The van der Waals surface area contributed by atoms with Gasteiger partial charge in [0.15, 0.2) is 0 Å². The van der Waals surface area contributed by atoms with Crippen LogP contribution in [0.2, 0.25) is 0 Å². The summed E-state index contributed by atoms with van der Waals surface area (Å²) in [6.45, 7) is 11.4. The topological polar surface area (TPSA) is 58.6 Å². The third-order valence-corrected chi connectivity index (χ3v) is 6.64. The second kappa shape index (κ2) is 9.57. The normalized spacial score (nSPS) is 20.8. The average Bonchev–Trinajstić information content (AvgIpc) is 3.08. The predicted octanol–water partition coefficient (Wildman–Crippen LogP) is 3.30. The molecule has 1 N–H and O–H groups in total. The molecular formula is C24H34N2O3. The van der Waals surface area contributed by atoms with Gasteiger partial charge in [0, 0.05) is 45.2 Å². The van der Waals surface area contributed by atoms with Gasteiger partial charge in [0.05, 0.1) is 0 Å². The molecule has 1 aromatic rings. The number of aryl methyl sites for hydroxylation is 1. The fourth-order valence-electron chi connectivity index (χ4n) is 4.62. The molecule has 3 rings (SSSR count). The van der Waals surface area contributed by atoms with Crippen LogP contribution in [0.15, 0.2) is 36.9 Å². The van der Waals surface area contributed by atoms with E-state index in [1.165, 1.54) is 17.2 Å². The van der Waals surface area contributed by atoms with Crippen molar-refractivity contribution in [1.82, 2.24) is 10.2 Å². The first kappa shape index (κ1) is 21.6. The number of benzene rings is 1. The molecule has 2 amide bonds. The van der Waals surface area contributed by atoms with Crippen LogP contribution in [0.5, 0.6) is 0 Å². The molecule has 1 spiro atoms. The van der Waals surface area contributed by atoms with Gasteiger partial charge < -0.3 is 15.0 Å². The molecule has 2 heterocycles. The SMILES string of the molecule is C=CC(=O)NCC1CN(C(=O)CCc2ccc(C(C)C)cc2)CC12CCOCC2. The van der Waals surface area contributed by atoms with Crippen LogP contribution < -0.4 is 5.32 Å². The molecule has 5 heteroatoms. The number of likely N-dealkylation sites (tertiary alicyclic amines) is 1. The van der Waals surface area contributed by atoms with Crippen molar-refractivity contribution in [2.45, 2.75) is 45.4 Å². The Balaban J connectivity index is 1.59. The molecular weight excluding hydrogens is 364 g/mol. The van der Waals surface area contributed by atoms with E-state index in [9.17, 15) is 9.59 Å². The van der Waals surface area contributed by atoms with E-state index in [0.29, 0.717) is 25.4 Å². The van der Waals surface area contributed by atoms with Gasteiger partial charge in [-0.1, -0.05) is 44.7 Å². The van der Waals surface area contributed by atoms with Gasteiger partial charge in [0.2, 0.25) is 11.8 Å². The van der Waals surface area contributed by atoms with Gasteiger partial charge in [-0.05, 0) is 47.8 Å². The van der Waals surface area contributed by atoms with Crippen LogP contribution in [0.25, 0.3) is 0 Å². The molecule has 1 aromatic carbocycles. The van der Waals surface area contributed by atoms with E-state index in [0.717, 1.165) is 39.0 Å². The predicted molar refractivity (Wildman–Crippen MR) is 115 cm³/mol. The minimum atomic E-state index is -0.151. The number of carbonyl (C=O) groups is 2. The Bertz CT molecular complexity index is 720. The molecule has 0 saturated carbocycles. The van der Waals surface area contributed by atoms with Gasteiger partial charge in [-0.3, -0.25) is 9.59 Å². The van der Waals surface area contributed by atoms with Crippen LogP contribution in [0, 0.1) is 11.3 Å². The first-order chi connectivity index (χ1) is 13.9. The zero-order valence-electron chi connectivity index (χ0n) is 17.8. The fourth-order valence-corrected chi connectivity index (χ4v) is 4.62. The number of amides is 2. The van der Waals surface area contributed by atoms with Crippen molar-refractivity contribution >= 4 is 11.8 Å². The Morgan fingerprint density at radius 3 is 2.59 bits per heavy atom. The van der Waals surface area contributed by atoms with E-state index < -0.39 is 0 Å². The quantitative estimate of drug-likeness (QED) is 0.717. The lowest BCUT2D eigenvalue weighted by molar-refractivity contribution is -0.130. The molecule has 29 heavy (non-hydrogen) atoms. The van der Waals surface area contributed by atoms with Crippen molar-refractivity contribution < 1.29 is 14.3 Å². The molecule has 1 atom stereocenters. The van der Waals surface area contributed by atoms with Crippen molar-refractivity contribution in [3.63, 3.8) is 0 Å². The van der Waals surface area contributed by atoms with E-state index >= 15 is 0 Å². The molecule has 2 aliphatic rings. The summed E-state index contributed by atoms with van der Waals surface area (Å²) in [4.78, 5) is 26.6. The lowest BCUT2D eigenvalue weighted by atomic mass is 9.72. The van der Waals surface area contributed by atoms with Crippen LogP contribution in [0.4, 0.5) is 0 Å². The number of nitrogens with zero attached hydrogens (tertiary/aromatic N) is 1. The second-order valence-corrected chi connectivity index (χ2v) is 8.79. The maximum atomic E-state index is 13.0. The van der Waals surface area contributed by atoms with Gasteiger partial charge in [-0.25, -0.2) is 0 Å². The molecule has 2 aliphatic heterocycles. The van der Waals surface area contributed by atoms with E-state index in [1.54, 1.807) is 0 Å². The summed E-state index contributed by atoms with van der Waals surface area (Å²) in [5, 5.41) is 2.94. The Morgan fingerprint density at radius 2 is 1.97 bits per heavy atom. The fraction of sp³-hybridized carbons (Fsp3) is 0.583. The summed E-state index contributed by atoms with van der Waals surface area (Å²) in [6.07, 6.45) is 4.49. The van der Waals surface area contributed by atoms with Crippen LogP contribution in [-0.2, 0) is 20.7 Å². The molecule has 0 radical (unpaired) electrons. The molecule has 2 saturated heterocycles. The van der Waals surface area contributed by atoms with Crippen molar-refractivity contribution in [3.8, 4) is 0 Å². The highest BCUT2D eigenvalue weighted by molar-refractivity contribution is 5.86. The number of rotatable bonds is 7. The van der Waals surface area contributed by atoms with Crippen LogP contribution >= 0.6 is 0 Å². The first-order valence-electron chi connectivity index (χ1n) is 10.8. The third-order valence-electron chi connectivity index (χ3n) is 6.64. The molecule has 0 aromatic heterocycles. The zero-order chi connectivity index (χ0) is 20.9. The van der Waals surface area contributed by atoms with Crippen molar-refractivity contribution in [1.29, 1.82) is 0 Å². The Labute approximate surface area is 174 Å². The van der Waals surface area contributed by atoms with Crippen LogP contribution in [0.3, 0.4) is 0 Å². The number of hydrogen-bond acceptors (Lipinski definition) is 3. The Hall–Kier alpha value is -2.14.